The fourth-order valence-electron chi connectivity index (χ4n) is 2.53. The van der Waals surface area contributed by atoms with Crippen molar-refractivity contribution in [2.24, 2.45) is 11.3 Å². The van der Waals surface area contributed by atoms with E-state index in [-0.39, 0.29) is 11.8 Å². The molecule has 94 valence electrons. The van der Waals surface area contributed by atoms with Gasteiger partial charge >= 0.3 is 0 Å². The first kappa shape index (κ1) is 12.6. The number of carbonyl (C=O) groups is 1. The van der Waals surface area contributed by atoms with Gasteiger partial charge in [-0.2, -0.15) is 5.26 Å². The number of carbonyl (C=O) groups excluding carboxylic acids is 1. The van der Waals surface area contributed by atoms with Gasteiger partial charge in [-0.1, -0.05) is 44.2 Å². The first-order chi connectivity index (χ1) is 8.55. The van der Waals surface area contributed by atoms with Gasteiger partial charge in [0.25, 0.3) is 0 Å². The maximum Gasteiger partial charge on any atom is 0.228 e. The highest BCUT2D eigenvalue weighted by molar-refractivity contribution is 5.84. The smallest absolute Gasteiger partial charge is 0.228 e. The maximum absolute atomic E-state index is 12.3. The number of rotatable bonds is 3. The molecule has 0 saturated carbocycles. The van der Waals surface area contributed by atoms with Gasteiger partial charge in [0.05, 0.1) is 6.07 Å². The minimum atomic E-state index is -0.412. The predicted molar refractivity (Wildman–Crippen MR) is 69.4 cm³/mol. The molecule has 1 atom stereocenters. The van der Waals surface area contributed by atoms with Crippen molar-refractivity contribution in [2.75, 3.05) is 6.54 Å². The van der Waals surface area contributed by atoms with E-state index in [0.717, 1.165) is 5.56 Å². The molecule has 0 bridgehead atoms. The van der Waals surface area contributed by atoms with Crippen molar-refractivity contribution in [3.8, 4) is 6.07 Å². The van der Waals surface area contributed by atoms with Gasteiger partial charge in [-0.25, -0.2) is 0 Å². The molecule has 0 aromatic heterocycles. The van der Waals surface area contributed by atoms with Crippen LogP contribution in [0.25, 0.3) is 0 Å². The first-order valence-corrected chi connectivity index (χ1v) is 6.26. The molecule has 0 aliphatic carbocycles. The summed E-state index contributed by atoms with van der Waals surface area (Å²) in [5, 5.41) is 8.84. The zero-order valence-corrected chi connectivity index (χ0v) is 10.9. The first-order valence-electron chi connectivity index (χ1n) is 6.26. The molecule has 3 heteroatoms. The van der Waals surface area contributed by atoms with E-state index in [2.05, 4.69) is 6.07 Å². The quantitative estimate of drug-likeness (QED) is 0.817. The molecule has 0 N–H and O–H groups in total. The third kappa shape index (κ3) is 2.24. The Labute approximate surface area is 108 Å². The zero-order chi connectivity index (χ0) is 13.2. The maximum atomic E-state index is 12.3. The van der Waals surface area contributed by atoms with Crippen LogP contribution in [0.3, 0.4) is 0 Å². The van der Waals surface area contributed by atoms with Crippen LogP contribution in [0, 0.1) is 22.7 Å². The molecule has 1 aliphatic rings. The standard InChI is InChI=1S/C15H18N2O/c1-15(2)13(8-9-16)11-17(14(15)18)10-12-6-4-3-5-7-12/h3-7,13H,8,10-11H2,1-2H3. The van der Waals surface area contributed by atoms with E-state index in [1.807, 2.05) is 49.1 Å². The molecule has 1 unspecified atom stereocenters. The Balaban J connectivity index is 2.13. The molecule has 1 saturated heterocycles. The lowest BCUT2D eigenvalue weighted by molar-refractivity contribution is -0.135. The number of nitriles is 1. The fraction of sp³-hybridized carbons (Fsp3) is 0.467. The second-order valence-electron chi connectivity index (χ2n) is 5.45. The molecule has 0 radical (unpaired) electrons. The molecule has 2 rings (SSSR count). The molecule has 1 amide bonds. The van der Waals surface area contributed by atoms with E-state index in [1.54, 1.807) is 0 Å². The monoisotopic (exact) mass is 242 g/mol. The van der Waals surface area contributed by atoms with Gasteiger partial charge in [0.2, 0.25) is 5.91 Å². The Hall–Kier alpha value is -1.82. The number of benzene rings is 1. The van der Waals surface area contributed by atoms with Gasteiger partial charge in [-0.15, -0.1) is 0 Å². The van der Waals surface area contributed by atoms with E-state index in [9.17, 15) is 4.79 Å². The highest BCUT2D eigenvalue weighted by Crippen LogP contribution is 2.38. The van der Waals surface area contributed by atoms with Crippen LogP contribution in [0.1, 0.15) is 25.8 Å². The molecule has 18 heavy (non-hydrogen) atoms. The molecule has 1 aromatic rings. The minimum Gasteiger partial charge on any atom is -0.338 e. The minimum absolute atomic E-state index is 0.138. The fourth-order valence-corrected chi connectivity index (χ4v) is 2.53. The number of hydrogen-bond acceptors (Lipinski definition) is 2. The largest absolute Gasteiger partial charge is 0.338 e. The third-order valence-corrected chi connectivity index (χ3v) is 3.85. The Morgan fingerprint density at radius 2 is 2.06 bits per heavy atom. The van der Waals surface area contributed by atoms with Crippen LogP contribution in [-0.4, -0.2) is 17.4 Å². The highest BCUT2D eigenvalue weighted by atomic mass is 16.2. The van der Waals surface area contributed by atoms with E-state index >= 15 is 0 Å². The number of likely N-dealkylation sites (tertiary alicyclic amines) is 1. The van der Waals surface area contributed by atoms with Gasteiger partial charge < -0.3 is 4.90 Å². The van der Waals surface area contributed by atoms with Crippen LogP contribution in [0.4, 0.5) is 0 Å². The van der Waals surface area contributed by atoms with Crippen molar-refractivity contribution in [1.29, 1.82) is 5.26 Å². The number of hydrogen-bond donors (Lipinski definition) is 0. The van der Waals surface area contributed by atoms with Gasteiger partial charge in [0.1, 0.15) is 0 Å². The summed E-state index contributed by atoms with van der Waals surface area (Å²) in [5.41, 5.74) is 0.726. The molecular formula is C15H18N2O. The van der Waals surface area contributed by atoms with Gasteiger partial charge in [-0.3, -0.25) is 4.79 Å². The van der Waals surface area contributed by atoms with E-state index in [1.165, 1.54) is 0 Å². The molecule has 1 fully saturated rings. The predicted octanol–water partition coefficient (Wildman–Crippen LogP) is 2.58. The van der Waals surface area contributed by atoms with Gasteiger partial charge in [0.15, 0.2) is 0 Å². The van der Waals surface area contributed by atoms with Crippen LogP contribution in [0.15, 0.2) is 30.3 Å². The van der Waals surface area contributed by atoms with E-state index in [4.69, 9.17) is 5.26 Å². The second-order valence-corrected chi connectivity index (χ2v) is 5.45. The SMILES string of the molecule is CC1(C)C(=O)N(Cc2ccccc2)CC1CC#N. The summed E-state index contributed by atoms with van der Waals surface area (Å²) < 4.78 is 0. The summed E-state index contributed by atoms with van der Waals surface area (Å²) in [5.74, 6) is 0.297. The highest BCUT2D eigenvalue weighted by Gasteiger charge is 2.46. The molecule has 3 nitrogen and oxygen atoms in total. The lowest BCUT2D eigenvalue weighted by Gasteiger charge is -2.21. The van der Waals surface area contributed by atoms with E-state index < -0.39 is 5.41 Å². The second kappa shape index (κ2) is 4.81. The number of amides is 1. The average molecular weight is 242 g/mol. The van der Waals surface area contributed by atoms with Crippen LogP contribution in [-0.2, 0) is 11.3 Å². The van der Waals surface area contributed by atoms with Crippen molar-refractivity contribution in [2.45, 2.75) is 26.8 Å². The summed E-state index contributed by atoms with van der Waals surface area (Å²) in [6.45, 7) is 5.23. The third-order valence-electron chi connectivity index (χ3n) is 3.85. The molecule has 1 heterocycles. The van der Waals surface area contributed by atoms with Crippen molar-refractivity contribution < 1.29 is 4.79 Å². The Kier molecular flexibility index (Phi) is 3.38. The van der Waals surface area contributed by atoms with Gasteiger partial charge in [-0.05, 0) is 5.56 Å². The Morgan fingerprint density at radius 1 is 1.39 bits per heavy atom. The van der Waals surface area contributed by atoms with Crippen LogP contribution < -0.4 is 0 Å². The average Bonchev–Trinajstić information content (AvgIpc) is 2.56. The van der Waals surface area contributed by atoms with Crippen molar-refractivity contribution in [3.05, 3.63) is 35.9 Å². The van der Waals surface area contributed by atoms with Crippen molar-refractivity contribution >= 4 is 5.91 Å². The molecular weight excluding hydrogens is 224 g/mol. The summed E-state index contributed by atoms with van der Waals surface area (Å²) >= 11 is 0. The molecule has 0 spiro atoms. The summed E-state index contributed by atoms with van der Waals surface area (Å²) in [6, 6.07) is 12.2. The zero-order valence-electron chi connectivity index (χ0n) is 10.9. The van der Waals surface area contributed by atoms with Crippen LogP contribution in [0.5, 0.6) is 0 Å². The van der Waals surface area contributed by atoms with Crippen molar-refractivity contribution in [3.63, 3.8) is 0 Å². The van der Waals surface area contributed by atoms with Gasteiger partial charge in [0, 0.05) is 30.8 Å². The Morgan fingerprint density at radius 3 is 2.67 bits per heavy atom. The number of nitrogens with zero attached hydrogens (tertiary/aromatic N) is 2. The Bertz CT molecular complexity index is 473. The van der Waals surface area contributed by atoms with Crippen LogP contribution in [0.2, 0.25) is 0 Å². The lowest BCUT2D eigenvalue weighted by Crippen LogP contribution is -2.31. The molecule has 1 aromatic carbocycles. The summed E-state index contributed by atoms with van der Waals surface area (Å²) in [4.78, 5) is 14.2. The summed E-state index contributed by atoms with van der Waals surface area (Å²) in [6.07, 6.45) is 0.448. The molecule has 1 aliphatic heterocycles. The topological polar surface area (TPSA) is 44.1 Å². The lowest BCUT2D eigenvalue weighted by atomic mass is 9.80. The van der Waals surface area contributed by atoms with E-state index in [0.29, 0.717) is 19.5 Å². The summed E-state index contributed by atoms with van der Waals surface area (Å²) in [7, 11) is 0. The van der Waals surface area contributed by atoms with Crippen LogP contribution >= 0.6 is 0 Å². The van der Waals surface area contributed by atoms with Crippen molar-refractivity contribution in [1.82, 2.24) is 4.90 Å². The normalized spacial score (nSPS) is 21.9.